The second-order valence-corrected chi connectivity index (χ2v) is 5.05. The van der Waals surface area contributed by atoms with Crippen molar-refractivity contribution in [1.82, 2.24) is 0 Å². The van der Waals surface area contributed by atoms with Crippen LogP contribution in [0.1, 0.15) is 52.9 Å². The molecule has 1 saturated carbocycles. The Balaban J connectivity index is 2.39. The SMILES string of the molecule is CC1=C(C)C2(CCCCC2)C(C)C1=O. The van der Waals surface area contributed by atoms with E-state index in [-0.39, 0.29) is 11.3 Å². The maximum atomic E-state index is 11.9. The minimum Gasteiger partial charge on any atom is -0.294 e. The molecule has 14 heavy (non-hydrogen) atoms. The highest BCUT2D eigenvalue weighted by Crippen LogP contribution is 2.53. The average Bonchev–Trinajstić information content (AvgIpc) is 2.37. The molecule has 1 fully saturated rings. The van der Waals surface area contributed by atoms with E-state index in [9.17, 15) is 4.79 Å². The van der Waals surface area contributed by atoms with E-state index in [2.05, 4.69) is 13.8 Å². The minimum absolute atomic E-state index is 0.253. The molecule has 0 bridgehead atoms. The lowest BCUT2D eigenvalue weighted by Crippen LogP contribution is -2.31. The van der Waals surface area contributed by atoms with Crippen LogP contribution in [0, 0.1) is 11.3 Å². The monoisotopic (exact) mass is 192 g/mol. The fourth-order valence-corrected chi connectivity index (χ4v) is 3.45. The topological polar surface area (TPSA) is 17.1 Å². The van der Waals surface area contributed by atoms with Crippen molar-refractivity contribution < 1.29 is 4.79 Å². The number of allylic oxidation sites excluding steroid dienone is 2. The Kier molecular flexibility index (Phi) is 2.29. The van der Waals surface area contributed by atoms with Crippen LogP contribution in [-0.2, 0) is 4.79 Å². The molecular weight excluding hydrogens is 172 g/mol. The van der Waals surface area contributed by atoms with Crippen LogP contribution < -0.4 is 0 Å². The lowest BCUT2D eigenvalue weighted by atomic mass is 9.65. The van der Waals surface area contributed by atoms with Crippen LogP contribution in [0.4, 0.5) is 0 Å². The van der Waals surface area contributed by atoms with Gasteiger partial charge in [-0.25, -0.2) is 0 Å². The van der Waals surface area contributed by atoms with Gasteiger partial charge in [-0.05, 0) is 32.3 Å². The number of ketones is 1. The maximum Gasteiger partial charge on any atom is 0.162 e. The minimum atomic E-state index is 0.253. The second-order valence-electron chi connectivity index (χ2n) is 5.05. The van der Waals surface area contributed by atoms with Gasteiger partial charge in [0, 0.05) is 11.3 Å². The Labute approximate surface area is 86.6 Å². The van der Waals surface area contributed by atoms with Gasteiger partial charge in [-0.1, -0.05) is 31.8 Å². The molecule has 1 heteroatoms. The first-order chi connectivity index (χ1) is 6.59. The van der Waals surface area contributed by atoms with E-state index in [1.165, 1.54) is 37.7 Å². The van der Waals surface area contributed by atoms with E-state index >= 15 is 0 Å². The molecule has 2 aliphatic rings. The van der Waals surface area contributed by atoms with Crippen molar-refractivity contribution in [2.75, 3.05) is 0 Å². The van der Waals surface area contributed by atoms with E-state index in [1.54, 1.807) is 0 Å². The summed E-state index contributed by atoms with van der Waals surface area (Å²) in [6.45, 7) is 6.33. The molecule has 1 nitrogen and oxygen atoms in total. The largest absolute Gasteiger partial charge is 0.294 e. The predicted molar refractivity (Wildman–Crippen MR) is 58.1 cm³/mol. The zero-order chi connectivity index (χ0) is 10.3. The fourth-order valence-electron chi connectivity index (χ4n) is 3.45. The summed E-state index contributed by atoms with van der Waals surface area (Å²) >= 11 is 0. The standard InChI is InChI=1S/C13H20O/c1-9-10(2)13(11(3)12(9)14)7-5-4-6-8-13/h11H,4-8H2,1-3H3. The third-order valence-corrected chi connectivity index (χ3v) is 4.65. The first-order valence-electron chi connectivity index (χ1n) is 5.82. The molecule has 0 aromatic carbocycles. The molecule has 0 aromatic rings. The molecule has 0 saturated heterocycles. The summed E-state index contributed by atoms with van der Waals surface area (Å²) in [7, 11) is 0. The Morgan fingerprint density at radius 1 is 1.14 bits per heavy atom. The summed E-state index contributed by atoms with van der Waals surface area (Å²) in [6.07, 6.45) is 6.45. The van der Waals surface area contributed by atoms with Gasteiger partial charge in [-0.2, -0.15) is 0 Å². The molecule has 0 amide bonds. The number of Topliss-reactive ketones (excluding diaryl/α,β-unsaturated/α-hetero) is 1. The number of hydrogen-bond donors (Lipinski definition) is 0. The van der Waals surface area contributed by atoms with Crippen LogP contribution in [0.5, 0.6) is 0 Å². The first kappa shape index (κ1) is 9.95. The second kappa shape index (κ2) is 3.22. The van der Waals surface area contributed by atoms with Gasteiger partial charge < -0.3 is 0 Å². The summed E-state index contributed by atoms with van der Waals surface area (Å²) in [6, 6.07) is 0. The van der Waals surface area contributed by atoms with Gasteiger partial charge in [0.15, 0.2) is 5.78 Å². The van der Waals surface area contributed by atoms with Crippen LogP contribution in [-0.4, -0.2) is 5.78 Å². The van der Waals surface area contributed by atoms with Gasteiger partial charge in [0.25, 0.3) is 0 Å². The van der Waals surface area contributed by atoms with Crippen molar-refractivity contribution in [3.8, 4) is 0 Å². The van der Waals surface area contributed by atoms with Crippen LogP contribution in [0.3, 0.4) is 0 Å². The molecule has 0 radical (unpaired) electrons. The van der Waals surface area contributed by atoms with E-state index < -0.39 is 0 Å². The van der Waals surface area contributed by atoms with Crippen LogP contribution >= 0.6 is 0 Å². The van der Waals surface area contributed by atoms with Crippen molar-refractivity contribution in [1.29, 1.82) is 0 Å². The summed E-state index contributed by atoms with van der Waals surface area (Å²) in [4.78, 5) is 11.9. The van der Waals surface area contributed by atoms with E-state index in [4.69, 9.17) is 0 Å². The summed E-state index contributed by atoms with van der Waals surface area (Å²) in [5.41, 5.74) is 2.72. The zero-order valence-electron chi connectivity index (χ0n) is 9.52. The highest BCUT2D eigenvalue weighted by atomic mass is 16.1. The molecule has 0 heterocycles. The summed E-state index contributed by atoms with van der Waals surface area (Å²) < 4.78 is 0. The summed E-state index contributed by atoms with van der Waals surface area (Å²) in [5.74, 6) is 0.659. The maximum absolute atomic E-state index is 11.9. The molecular formula is C13H20O. The number of rotatable bonds is 0. The Morgan fingerprint density at radius 2 is 1.71 bits per heavy atom. The van der Waals surface area contributed by atoms with E-state index in [0.29, 0.717) is 5.78 Å². The Bertz CT molecular complexity index is 292. The first-order valence-corrected chi connectivity index (χ1v) is 5.82. The molecule has 2 aliphatic carbocycles. The van der Waals surface area contributed by atoms with Gasteiger partial charge >= 0.3 is 0 Å². The van der Waals surface area contributed by atoms with Crippen molar-refractivity contribution in [2.45, 2.75) is 52.9 Å². The number of carbonyl (C=O) groups excluding carboxylic acids is 1. The lowest BCUT2D eigenvalue weighted by Gasteiger charge is -2.38. The van der Waals surface area contributed by atoms with Crippen molar-refractivity contribution in [3.05, 3.63) is 11.1 Å². The molecule has 1 spiro atoms. The predicted octanol–water partition coefficient (Wildman–Crippen LogP) is 3.49. The third kappa shape index (κ3) is 1.11. The third-order valence-electron chi connectivity index (χ3n) is 4.65. The highest BCUT2D eigenvalue weighted by Gasteiger charge is 2.47. The molecule has 0 aromatic heterocycles. The molecule has 0 N–H and O–H groups in total. The van der Waals surface area contributed by atoms with Gasteiger partial charge in [0.2, 0.25) is 0 Å². The van der Waals surface area contributed by atoms with Crippen molar-refractivity contribution in [2.24, 2.45) is 11.3 Å². The molecule has 1 atom stereocenters. The van der Waals surface area contributed by atoms with Gasteiger partial charge in [-0.15, -0.1) is 0 Å². The molecule has 78 valence electrons. The quantitative estimate of drug-likeness (QED) is 0.574. The van der Waals surface area contributed by atoms with Crippen LogP contribution in [0.2, 0.25) is 0 Å². The van der Waals surface area contributed by atoms with Crippen molar-refractivity contribution in [3.63, 3.8) is 0 Å². The normalized spacial score (nSPS) is 31.6. The molecule has 2 rings (SSSR count). The smallest absolute Gasteiger partial charge is 0.162 e. The van der Waals surface area contributed by atoms with Crippen molar-refractivity contribution >= 4 is 5.78 Å². The van der Waals surface area contributed by atoms with Crippen LogP contribution in [0.25, 0.3) is 0 Å². The molecule has 1 unspecified atom stereocenters. The van der Waals surface area contributed by atoms with Crippen LogP contribution in [0.15, 0.2) is 11.1 Å². The van der Waals surface area contributed by atoms with Gasteiger partial charge in [0.05, 0.1) is 0 Å². The van der Waals surface area contributed by atoms with E-state index in [0.717, 1.165) is 5.57 Å². The lowest BCUT2D eigenvalue weighted by molar-refractivity contribution is -0.120. The number of hydrogen-bond acceptors (Lipinski definition) is 1. The number of carbonyl (C=O) groups is 1. The fraction of sp³-hybridized carbons (Fsp3) is 0.769. The zero-order valence-corrected chi connectivity index (χ0v) is 9.52. The van der Waals surface area contributed by atoms with E-state index in [1.807, 2.05) is 6.92 Å². The van der Waals surface area contributed by atoms with Gasteiger partial charge in [0.1, 0.15) is 0 Å². The highest BCUT2D eigenvalue weighted by molar-refractivity contribution is 6.01. The average molecular weight is 192 g/mol. The Hall–Kier alpha value is -0.590. The Morgan fingerprint density at radius 3 is 2.14 bits per heavy atom. The van der Waals surface area contributed by atoms with Gasteiger partial charge in [-0.3, -0.25) is 4.79 Å². The molecule has 0 aliphatic heterocycles. The summed E-state index contributed by atoms with van der Waals surface area (Å²) in [5, 5.41) is 0.